The highest BCUT2D eigenvalue weighted by atomic mass is 35.5. The van der Waals surface area contributed by atoms with Gasteiger partial charge in [0.1, 0.15) is 5.82 Å². The number of carboxylic acid groups (broad SMARTS) is 1. The molecule has 1 saturated heterocycles. The van der Waals surface area contributed by atoms with Gasteiger partial charge in [0.15, 0.2) is 0 Å². The summed E-state index contributed by atoms with van der Waals surface area (Å²) < 4.78 is 13.1. The maximum Gasteiger partial charge on any atom is 0.303 e. The number of carboxylic acids is 1. The Morgan fingerprint density at radius 1 is 1.50 bits per heavy atom. The third kappa shape index (κ3) is 2.63. The number of hydrogen-bond donors (Lipinski definition) is 3. The zero-order chi connectivity index (χ0) is 13.3. The van der Waals surface area contributed by atoms with E-state index in [1.54, 1.807) is 6.07 Å². The van der Waals surface area contributed by atoms with Crippen molar-refractivity contribution in [2.75, 3.05) is 0 Å². The van der Waals surface area contributed by atoms with Crippen LogP contribution < -0.4 is 10.9 Å². The summed E-state index contributed by atoms with van der Waals surface area (Å²) in [4.78, 5) is 10.9. The molecular weight excluding hydrogens is 259 g/mol. The van der Waals surface area contributed by atoms with E-state index in [1.807, 2.05) is 6.92 Å². The first-order valence-corrected chi connectivity index (χ1v) is 6.04. The van der Waals surface area contributed by atoms with Crippen LogP contribution in [0.15, 0.2) is 18.2 Å². The van der Waals surface area contributed by atoms with Crippen molar-refractivity contribution in [3.63, 3.8) is 0 Å². The Hall–Kier alpha value is -1.17. The Labute approximate surface area is 109 Å². The van der Waals surface area contributed by atoms with Crippen LogP contribution in [0.2, 0.25) is 5.02 Å². The fraction of sp³-hybridized carbons (Fsp3) is 0.417. The molecule has 4 nitrogen and oxygen atoms in total. The normalized spacial score (nSPS) is 27.4. The van der Waals surface area contributed by atoms with Crippen LogP contribution in [0.25, 0.3) is 0 Å². The second-order valence-electron chi connectivity index (χ2n) is 4.49. The number of rotatable bonds is 3. The molecule has 0 aliphatic carbocycles. The van der Waals surface area contributed by atoms with Crippen LogP contribution in [0, 0.1) is 11.7 Å². The average molecular weight is 273 g/mol. The van der Waals surface area contributed by atoms with E-state index in [1.165, 1.54) is 12.1 Å². The third-order valence-corrected chi connectivity index (χ3v) is 3.54. The standard InChI is InChI=1S/C12H14ClFN2O2/c1-6-8(5-11(17)18)12(16-15-6)7-2-3-10(14)9(13)4-7/h2-4,6,8,12,15-16H,5H2,1H3,(H,17,18). The van der Waals surface area contributed by atoms with Crippen molar-refractivity contribution in [1.29, 1.82) is 0 Å². The number of halogens is 2. The second kappa shape index (κ2) is 5.22. The smallest absolute Gasteiger partial charge is 0.303 e. The van der Waals surface area contributed by atoms with Crippen molar-refractivity contribution >= 4 is 17.6 Å². The number of benzene rings is 1. The van der Waals surface area contributed by atoms with Crippen LogP contribution >= 0.6 is 11.6 Å². The van der Waals surface area contributed by atoms with E-state index in [9.17, 15) is 9.18 Å². The Balaban J connectivity index is 2.25. The number of hydrogen-bond acceptors (Lipinski definition) is 3. The van der Waals surface area contributed by atoms with Gasteiger partial charge in [-0.2, -0.15) is 0 Å². The largest absolute Gasteiger partial charge is 0.481 e. The monoisotopic (exact) mass is 272 g/mol. The minimum absolute atomic E-state index is 0.0231. The summed E-state index contributed by atoms with van der Waals surface area (Å²) in [6.45, 7) is 1.91. The molecule has 3 atom stereocenters. The average Bonchev–Trinajstić information content (AvgIpc) is 2.64. The zero-order valence-corrected chi connectivity index (χ0v) is 10.5. The van der Waals surface area contributed by atoms with Crippen LogP contribution in [0.5, 0.6) is 0 Å². The van der Waals surface area contributed by atoms with Gasteiger partial charge in [-0.3, -0.25) is 10.2 Å². The molecule has 1 heterocycles. The van der Waals surface area contributed by atoms with E-state index in [4.69, 9.17) is 16.7 Å². The van der Waals surface area contributed by atoms with E-state index in [0.717, 1.165) is 5.56 Å². The van der Waals surface area contributed by atoms with Gasteiger partial charge in [0.05, 0.1) is 17.5 Å². The van der Waals surface area contributed by atoms with Gasteiger partial charge < -0.3 is 5.11 Å². The number of hydrazine groups is 1. The maximum absolute atomic E-state index is 13.1. The van der Waals surface area contributed by atoms with Crippen molar-refractivity contribution in [3.8, 4) is 0 Å². The summed E-state index contributed by atoms with van der Waals surface area (Å²) in [6.07, 6.45) is 0.0425. The Bertz CT molecular complexity index is 469. The number of carbonyl (C=O) groups is 1. The quantitative estimate of drug-likeness (QED) is 0.789. The zero-order valence-electron chi connectivity index (χ0n) is 9.78. The summed E-state index contributed by atoms with van der Waals surface area (Å²) in [6, 6.07) is 4.28. The lowest BCUT2D eigenvalue weighted by molar-refractivity contribution is -0.138. The highest BCUT2D eigenvalue weighted by Gasteiger charge is 2.35. The molecule has 18 heavy (non-hydrogen) atoms. The second-order valence-corrected chi connectivity index (χ2v) is 4.90. The fourth-order valence-corrected chi connectivity index (χ4v) is 2.45. The minimum Gasteiger partial charge on any atom is -0.481 e. The first-order chi connectivity index (χ1) is 8.49. The molecule has 3 N–H and O–H groups in total. The van der Waals surface area contributed by atoms with Gasteiger partial charge in [0.25, 0.3) is 0 Å². The third-order valence-electron chi connectivity index (χ3n) is 3.25. The highest BCUT2D eigenvalue weighted by molar-refractivity contribution is 6.30. The van der Waals surface area contributed by atoms with E-state index < -0.39 is 11.8 Å². The van der Waals surface area contributed by atoms with Crippen molar-refractivity contribution in [2.24, 2.45) is 5.92 Å². The lowest BCUT2D eigenvalue weighted by atomic mass is 9.88. The van der Waals surface area contributed by atoms with Crippen LogP contribution in [0.4, 0.5) is 4.39 Å². The molecule has 0 saturated carbocycles. The van der Waals surface area contributed by atoms with Gasteiger partial charge in [-0.15, -0.1) is 0 Å². The molecule has 2 rings (SSSR count). The maximum atomic E-state index is 13.1. The Morgan fingerprint density at radius 2 is 2.22 bits per heavy atom. The van der Waals surface area contributed by atoms with E-state index in [2.05, 4.69) is 10.9 Å². The molecule has 98 valence electrons. The summed E-state index contributed by atoms with van der Waals surface area (Å²) >= 11 is 5.74. The lowest BCUT2D eigenvalue weighted by Gasteiger charge is -2.19. The lowest BCUT2D eigenvalue weighted by Crippen LogP contribution is -2.29. The Kier molecular flexibility index (Phi) is 3.85. The van der Waals surface area contributed by atoms with Gasteiger partial charge in [0.2, 0.25) is 0 Å². The van der Waals surface area contributed by atoms with Gasteiger partial charge in [-0.1, -0.05) is 17.7 Å². The SMILES string of the molecule is CC1NNC(c2ccc(F)c(Cl)c2)C1CC(=O)O. The van der Waals surface area contributed by atoms with Gasteiger partial charge >= 0.3 is 5.97 Å². The summed E-state index contributed by atoms with van der Waals surface area (Å²) in [5.74, 6) is -1.44. The summed E-state index contributed by atoms with van der Waals surface area (Å²) in [5, 5.41) is 8.96. The van der Waals surface area contributed by atoms with E-state index >= 15 is 0 Å². The van der Waals surface area contributed by atoms with Crippen molar-refractivity contribution in [1.82, 2.24) is 10.9 Å². The van der Waals surface area contributed by atoms with Crippen LogP contribution in [0.1, 0.15) is 24.9 Å². The van der Waals surface area contributed by atoms with Crippen LogP contribution in [-0.2, 0) is 4.79 Å². The van der Waals surface area contributed by atoms with Crippen LogP contribution in [-0.4, -0.2) is 17.1 Å². The summed E-state index contributed by atoms with van der Waals surface area (Å²) in [7, 11) is 0. The van der Waals surface area contributed by atoms with Crippen molar-refractivity contribution in [2.45, 2.75) is 25.4 Å². The Morgan fingerprint density at radius 3 is 2.83 bits per heavy atom. The van der Waals surface area contributed by atoms with E-state index in [0.29, 0.717) is 0 Å². The van der Waals surface area contributed by atoms with Gasteiger partial charge in [-0.05, 0) is 24.6 Å². The summed E-state index contributed by atoms with van der Waals surface area (Å²) in [5.41, 5.74) is 6.82. The minimum atomic E-state index is -0.851. The molecule has 1 aromatic carbocycles. The van der Waals surface area contributed by atoms with Gasteiger partial charge in [-0.25, -0.2) is 9.82 Å². The van der Waals surface area contributed by atoms with E-state index in [-0.39, 0.29) is 29.4 Å². The molecule has 0 aromatic heterocycles. The topological polar surface area (TPSA) is 61.4 Å². The molecule has 0 amide bonds. The molecule has 1 fully saturated rings. The molecule has 1 aromatic rings. The molecule has 6 heteroatoms. The molecule has 1 aliphatic heterocycles. The first-order valence-electron chi connectivity index (χ1n) is 5.67. The highest BCUT2D eigenvalue weighted by Crippen LogP contribution is 2.32. The predicted molar refractivity (Wildman–Crippen MR) is 65.6 cm³/mol. The molecule has 3 unspecified atom stereocenters. The van der Waals surface area contributed by atoms with Crippen molar-refractivity contribution in [3.05, 3.63) is 34.6 Å². The molecular formula is C12H14ClFN2O2. The number of aliphatic carboxylic acids is 1. The molecule has 0 bridgehead atoms. The number of nitrogens with one attached hydrogen (secondary N) is 2. The molecule has 0 spiro atoms. The molecule has 1 aliphatic rings. The fourth-order valence-electron chi connectivity index (χ4n) is 2.26. The van der Waals surface area contributed by atoms with Gasteiger partial charge in [0, 0.05) is 12.0 Å². The van der Waals surface area contributed by atoms with Crippen LogP contribution in [0.3, 0.4) is 0 Å². The van der Waals surface area contributed by atoms with Crippen molar-refractivity contribution < 1.29 is 14.3 Å². The molecule has 0 radical (unpaired) electrons. The first kappa shape index (κ1) is 13.3. The predicted octanol–water partition coefficient (Wildman–Crippen LogP) is 2.11.